The fraction of sp³-hybridized carbons (Fsp3) is 0.188. The molecule has 2 heterocycles. The van der Waals surface area contributed by atoms with Gasteiger partial charge in [-0.3, -0.25) is 9.36 Å². The van der Waals surface area contributed by atoms with Gasteiger partial charge in [0.2, 0.25) is 0 Å². The van der Waals surface area contributed by atoms with Gasteiger partial charge >= 0.3 is 0 Å². The number of aryl methyl sites for hydroxylation is 1. The minimum Gasteiger partial charge on any atom is -0.330 e. The molecule has 9 heteroatoms. The Hall–Kier alpha value is -2.45. The van der Waals surface area contributed by atoms with Crippen LogP contribution in [0.4, 0.5) is 15.9 Å². The Labute approximate surface area is 154 Å². The van der Waals surface area contributed by atoms with Crippen molar-refractivity contribution in [2.45, 2.75) is 13.5 Å². The van der Waals surface area contributed by atoms with Crippen molar-refractivity contribution in [3.63, 3.8) is 0 Å². The van der Waals surface area contributed by atoms with Gasteiger partial charge in [-0.25, -0.2) is 4.39 Å². The summed E-state index contributed by atoms with van der Waals surface area (Å²) >= 11 is 11.5. The molecule has 1 aromatic carbocycles. The lowest BCUT2D eigenvalue weighted by Crippen LogP contribution is -2.20. The van der Waals surface area contributed by atoms with Gasteiger partial charge < -0.3 is 10.6 Å². The molecule has 0 aliphatic rings. The third kappa shape index (κ3) is 4.15. The van der Waals surface area contributed by atoms with Crippen LogP contribution in [0.5, 0.6) is 0 Å². The van der Waals surface area contributed by atoms with Crippen molar-refractivity contribution in [1.29, 1.82) is 0 Å². The summed E-state index contributed by atoms with van der Waals surface area (Å²) in [5, 5.41) is 15.3. The van der Waals surface area contributed by atoms with E-state index in [1.54, 1.807) is 27.8 Å². The minimum absolute atomic E-state index is 0.286. The number of nitrogens with one attached hydrogen (secondary N) is 2. The first kappa shape index (κ1) is 17.4. The average Bonchev–Trinajstić information content (AvgIpc) is 3.04. The summed E-state index contributed by atoms with van der Waals surface area (Å²) in [6.07, 6.45) is 3.35. The van der Waals surface area contributed by atoms with Gasteiger partial charge in [0.15, 0.2) is 10.9 Å². The Morgan fingerprint density at radius 2 is 2.16 bits per heavy atom. The number of halogens is 2. The predicted molar refractivity (Wildman–Crippen MR) is 101 cm³/mol. The number of nitrogens with zero attached hydrogens (tertiary/aromatic N) is 4. The molecule has 0 fully saturated rings. The van der Waals surface area contributed by atoms with Gasteiger partial charge in [0.05, 0.1) is 24.1 Å². The molecule has 6 nitrogen and oxygen atoms in total. The largest absolute Gasteiger partial charge is 0.330 e. The van der Waals surface area contributed by atoms with Crippen LogP contribution in [0.1, 0.15) is 11.3 Å². The van der Waals surface area contributed by atoms with Crippen LogP contribution < -0.4 is 10.6 Å². The first-order chi connectivity index (χ1) is 11.9. The standard InChI is InChI=1S/C16H16ClFN6S/c1-10-14(7-19-23(10)2)20-16(25)21-15-13(17)9-24(22-15)8-11-4-3-5-12(18)6-11/h3-7,9H,8H2,1-2H3,(H2,20,21,22,25). The van der Waals surface area contributed by atoms with E-state index in [-0.39, 0.29) is 5.82 Å². The van der Waals surface area contributed by atoms with Crippen molar-refractivity contribution in [2.24, 2.45) is 7.05 Å². The monoisotopic (exact) mass is 378 g/mol. The van der Waals surface area contributed by atoms with Crippen LogP contribution in [0.15, 0.2) is 36.7 Å². The van der Waals surface area contributed by atoms with Crippen molar-refractivity contribution >= 4 is 40.4 Å². The second kappa shape index (κ2) is 7.20. The van der Waals surface area contributed by atoms with Gasteiger partial charge in [0.1, 0.15) is 10.8 Å². The number of rotatable bonds is 4. The summed E-state index contributed by atoms with van der Waals surface area (Å²) in [6, 6.07) is 6.34. The lowest BCUT2D eigenvalue weighted by molar-refractivity contribution is 0.619. The van der Waals surface area contributed by atoms with Crippen LogP contribution in [0.25, 0.3) is 0 Å². The molecule has 0 saturated carbocycles. The molecule has 0 unspecified atom stereocenters. The van der Waals surface area contributed by atoms with E-state index in [9.17, 15) is 4.39 Å². The van der Waals surface area contributed by atoms with Crippen molar-refractivity contribution in [3.8, 4) is 0 Å². The van der Waals surface area contributed by atoms with Crippen LogP contribution in [-0.2, 0) is 13.6 Å². The highest BCUT2D eigenvalue weighted by atomic mass is 35.5. The van der Waals surface area contributed by atoms with Crippen LogP contribution in [0.2, 0.25) is 5.02 Å². The summed E-state index contributed by atoms with van der Waals surface area (Å²) in [5.41, 5.74) is 2.54. The van der Waals surface area contributed by atoms with E-state index in [1.807, 2.05) is 20.0 Å². The van der Waals surface area contributed by atoms with Crippen LogP contribution >= 0.6 is 23.8 Å². The first-order valence-electron chi connectivity index (χ1n) is 7.46. The number of aromatic nitrogens is 4. The highest BCUT2D eigenvalue weighted by molar-refractivity contribution is 7.80. The number of hydrogen-bond donors (Lipinski definition) is 2. The molecule has 0 atom stereocenters. The number of thiocarbonyl (C=S) groups is 1. The zero-order valence-corrected chi connectivity index (χ0v) is 15.2. The molecule has 25 heavy (non-hydrogen) atoms. The molecule has 130 valence electrons. The summed E-state index contributed by atoms with van der Waals surface area (Å²) in [5.74, 6) is 0.142. The van der Waals surface area contributed by atoms with E-state index in [4.69, 9.17) is 23.8 Å². The first-order valence-corrected chi connectivity index (χ1v) is 8.25. The number of benzene rings is 1. The third-order valence-corrected chi connectivity index (χ3v) is 4.15. The molecular weight excluding hydrogens is 363 g/mol. The Kier molecular flexibility index (Phi) is 5.00. The highest BCUT2D eigenvalue weighted by Crippen LogP contribution is 2.21. The van der Waals surface area contributed by atoms with Gasteiger partial charge in [-0.2, -0.15) is 10.2 Å². The van der Waals surface area contributed by atoms with E-state index in [2.05, 4.69) is 20.8 Å². The maximum absolute atomic E-state index is 13.3. The molecule has 0 aliphatic heterocycles. The van der Waals surface area contributed by atoms with Crippen LogP contribution in [0.3, 0.4) is 0 Å². The highest BCUT2D eigenvalue weighted by Gasteiger charge is 2.11. The van der Waals surface area contributed by atoms with Crippen LogP contribution in [0, 0.1) is 12.7 Å². The minimum atomic E-state index is -0.286. The molecule has 0 aliphatic carbocycles. The smallest absolute Gasteiger partial charge is 0.176 e. The summed E-state index contributed by atoms with van der Waals surface area (Å²) < 4.78 is 16.6. The average molecular weight is 379 g/mol. The normalized spacial score (nSPS) is 10.7. The molecule has 2 N–H and O–H groups in total. The number of hydrogen-bond acceptors (Lipinski definition) is 3. The van der Waals surface area contributed by atoms with Gasteiger partial charge in [-0.1, -0.05) is 23.7 Å². The second-order valence-corrected chi connectivity index (χ2v) is 6.31. The number of anilines is 2. The summed E-state index contributed by atoms with van der Waals surface area (Å²) in [7, 11) is 1.85. The Balaban J connectivity index is 1.68. The molecule has 0 radical (unpaired) electrons. The molecule has 2 aromatic heterocycles. The molecular formula is C16H16ClFN6S. The van der Waals surface area contributed by atoms with E-state index in [0.717, 1.165) is 16.9 Å². The van der Waals surface area contributed by atoms with Crippen LogP contribution in [-0.4, -0.2) is 24.7 Å². The predicted octanol–water partition coefficient (Wildman–Crippen LogP) is 3.57. The zero-order valence-electron chi connectivity index (χ0n) is 13.6. The Morgan fingerprint density at radius 1 is 1.36 bits per heavy atom. The SMILES string of the molecule is Cc1c(NC(=S)Nc2nn(Cc3cccc(F)c3)cc2Cl)cnn1C. The maximum Gasteiger partial charge on any atom is 0.176 e. The molecule has 3 aromatic rings. The lowest BCUT2D eigenvalue weighted by Gasteiger charge is -2.08. The third-order valence-electron chi connectivity index (χ3n) is 3.67. The molecule has 0 amide bonds. The second-order valence-electron chi connectivity index (χ2n) is 5.50. The van der Waals surface area contributed by atoms with Crippen molar-refractivity contribution in [3.05, 3.63) is 58.8 Å². The maximum atomic E-state index is 13.3. The molecule has 0 spiro atoms. The van der Waals surface area contributed by atoms with Crippen molar-refractivity contribution in [2.75, 3.05) is 10.6 Å². The molecule has 0 bridgehead atoms. The van der Waals surface area contributed by atoms with E-state index in [1.165, 1.54) is 12.1 Å². The molecule has 3 rings (SSSR count). The van der Waals surface area contributed by atoms with E-state index in [0.29, 0.717) is 22.5 Å². The van der Waals surface area contributed by atoms with Gasteiger partial charge in [-0.15, -0.1) is 0 Å². The Bertz CT molecular complexity index is 919. The fourth-order valence-electron chi connectivity index (χ4n) is 2.27. The van der Waals surface area contributed by atoms with E-state index < -0.39 is 0 Å². The van der Waals surface area contributed by atoms with Gasteiger partial charge in [0, 0.05) is 13.2 Å². The van der Waals surface area contributed by atoms with Gasteiger partial charge in [0.25, 0.3) is 0 Å². The topological polar surface area (TPSA) is 59.7 Å². The fourth-order valence-corrected chi connectivity index (χ4v) is 2.67. The van der Waals surface area contributed by atoms with Crippen molar-refractivity contribution < 1.29 is 4.39 Å². The lowest BCUT2D eigenvalue weighted by atomic mass is 10.2. The summed E-state index contributed by atoms with van der Waals surface area (Å²) in [4.78, 5) is 0. The molecule has 0 saturated heterocycles. The summed E-state index contributed by atoms with van der Waals surface area (Å²) in [6.45, 7) is 2.33. The van der Waals surface area contributed by atoms with E-state index >= 15 is 0 Å². The quantitative estimate of drug-likeness (QED) is 0.679. The van der Waals surface area contributed by atoms with Gasteiger partial charge in [-0.05, 0) is 36.8 Å². The zero-order chi connectivity index (χ0) is 18.0. The van der Waals surface area contributed by atoms with Crippen molar-refractivity contribution in [1.82, 2.24) is 19.6 Å². The Morgan fingerprint density at radius 3 is 2.84 bits per heavy atom.